The molecule has 3 heterocycles. The first-order valence-corrected chi connectivity index (χ1v) is 10.4. The molecule has 7 nitrogen and oxygen atoms in total. The quantitative estimate of drug-likeness (QED) is 0.450. The van der Waals surface area contributed by atoms with E-state index in [-0.39, 0.29) is 25.0 Å². The first-order chi connectivity index (χ1) is 13.5. The largest absolute Gasteiger partial charge is 0.491 e. The third-order valence-corrected chi connectivity index (χ3v) is 6.02. The summed E-state index contributed by atoms with van der Waals surface area (Å²) in [4.78, 5) is 26.7. The normalized spacial score (nSPS) is 14.4. The van der Waals surface area contributed by atoms with E-state index in [1.165, 1.54) is 0 Å². The van der Waals surface area contributed by atoms with Crippen molar-refractivity contribution in [3.05, 3.63) is 45.4 Å². The fourth-order valence-electron chi connectivity index (χ4n) is 3.02. The number of ether oxygens (including phenoxy) is 1. The lowest BCUT2D eigenvalue weighted by atomic mass is 10.0. The van der Waals surface area contributed by atoms with Crippen molar-refractivity contribution in [1.29, 1.82) is 0 Å². The number of hydrogen-bond donors (Lipinski definition) is 4. The summed E-state index contributed by atoms with van der Waals surface area (Å²) in [5.74, 6) is 0.362. The predicted octanol–water partition coefficient (Wildman–Crippen LogP) is 3.05. The van der Waals surface area contributed by atoms with Gasteiger partial charge < -0.3 is 25.5 Å². The summed E-state index contributed by atoms with van der Waals surface area (Å²) in [6.45, 7) is 0.133. The van der Waals surface area contributed by atoms with E-state index in [9.17, 15) is 14.7 Å². The van der Waals surface area contributed by atoms with Crippen LogP contribution in [0.3, 0.4) is 0 Å². The molecule has 4 N–H and O–H groups in total. The highest BCUT2D eigenvalue weighted by atomic mass is 79.9. The van der Waals surface area contributed by atoms with E-state index in [1.54, 1.807) is 29.5 Å². The average Bonchev–Trinajstić information content (AvgIpc) is 3.21. The number of carbonyl (C=O) groups is 2. The Morgan fingerprint density at radius 2 is 2.18 bits per heavy atom. The van der Waals surface area contributed by atoms with E-state index < -0.39 is 6.10 Å². The Balaban J connectivity index is 1.27. The number of amides is 2. The summed E-state index contributed by atoms with van der Waals surface area (Å²) < 4.78 is 7.61. The van der Waals surface area contributed by atoms with Crippen molar-refractivity contribution >= 4 is 55.0 Å². The lowest BCUT2D eigenvalue weighted by Gasteiger charge is -2.18. The van der Waals surface area contributed by atoms with Gasteiger partial charge in [-0.25, -0.2) is 0 Å². The summed E-state index contributed by atoms with van der Waals surface area (Å²) in [6, 6.07) is 9.12. The molecule has 0 saturated carbocycles. The van der Waals surface area contributed by atoms with Crippen molar-refractivity contribution in [1.82, 2.24) is 10.3 Å². The first kappa shape index (κ1) is 19.0. The number of aryl methyl sites for hydroxylation is 1. The SMILES string of the molecule is O=C1CCc2cc(OCC(O)CNC(=O)c3cc4sc(Br)cc4[nH]3)ccc2N1. The Morgan fingerprint density at radius 1 is 1.32 bits per heavy atom. The molecule has 2 aromatic heterocycles. The van der Waals surface area contributed by atoms with Gasteiger partial charge in [0.25, 0.3) is 5.91 Å². The summed E-state index contributed by atoms with van der Waals surface area (Å²) >= 11 is 4.95. The molecular weight excluding hydrogens is 446 g/mol. The van der Waals surface area contributed by atoms with Crippen LogP contribution in [0.2, 0.25) is 0 Å². The fourth-order valence-corrected chi connectivity index (χ4v) is 4.56. The molecule has 0 saturated heterocycles. The van der Waals surface area contributed by atoms with Crippen LogP contribution in [0, 0.1) is 0 Å². The van der Waals surface area contributed by atoms with Gasteiger partial charge in [-0.3, -0.25) is 9.59 Å². The number of aliphatic hydroxyl groups excluding tert-OH is 1. The zero-order valence-corrected chi connectivity index (χ0v) is 17.2. The third-order valence-electron chi connectivity index (χ3n) is 4.43. The molecule has 2 amide bonds. The van der Waals surface area contributed by atoms with Crippen molar-refractivity contribution < 1.29 is 19.4 Å². The highest BCUT2D eigenvalue weighted by Crippen LogP contribution is 2.30. The van der Waals surface area contributed by atoms with Gasteiger partial charge in [0.15, 0.2) is 0 Å². The molecule has 1 aliphatic rings. The third kappa shape index (κ3) is 4.21. The van der Waals surface area contributed by atoms with Crippen LogP contribution in [0.5, 0.6) is 5.75 Å². The number of hydrogen-bond acceptors (Lipinski definition) is 5. The number of benzene rings is 1. The molecule has 1 atom stereocenters. The molecule has 1 unspecified atom stereocenters. The Labute approximate surface area is 173 Å². The maximum atomic E-state index is 12.2. The van der Waals surface area contributed by atoms with Crippen LogP contribution in [0.15, 0.2) is 34.1 Å². The Bertz CT molecular complexity index is 1010. The lowest BCUT2D eigenvalue weighted by molar-refractivity contribution is -0.116. The minimum Gasteiger partial charge on any atom is -0.491 e. The van der Waals surface area contributed by atoms with Crippen LogP contribution >= 0.6 is 27.3 Å². The Morgan fingerprint density at radius 3 is 3.00 bits per heavy atom. The van der Waals surface area contributed by atoms with Crippen molar-refractivity contribution in [2.24, 2.45) is 0 Å². The van der Waals surface area contributed by atoms with E-state index >= 15 is 0 Å². The number of aliphatic hydroxyl groups is 1. The standard InChI is InChI=1S/C19H18BrN3O4S/c20-17-7-14-16(28-17)6-15(22-14)19(26)21-8-11(24)9-27-12-2-3-13-10(5-12)1-4-18(25)23-13/h2-3,5-7,11,22,24H,1,4,8-9H2,(H,21,26)(H,23,25). The summed E-state index contributed by atoms with van der Waals surface area (Å²) in [5.41, 5.74) is 3.17. The molecule has 28 heavy (non-hydrogen) atoms. The maximum Gasteiger partial charge on any atom is 0.267 e. The van der Waals surface area contributed by atoms with Crippen LogP contribution < -0.4 is 15.4 Å². The van der Waals surface area contributed by atoms with Gasteiger partial charge in [-0.1, -0.05) is 0 Å². The van der Waals surface area contributed by atoms with E-state index in [0.29, 0.717) is 24.3 Å². The van der Waals surface area contributed by atoms with Crippen molar-refractivity contribution in [2.45, 2.75) is 18.9 Å². The molecule has 9 heteroatoms. The molecule has 0 fully saturated rings. The van der Waals surface area contributed by atoms with Gasteiger partial charge in [-0.05, 0) is 58.2 Å². The van der Waals surface area contributed by atoms with E-state index in [2.05, 4.69) is 31.5 Å². The average molecular weight is 464 g/mol. The highest BCUT2D eigenvalue weighted by Gasteiger charge is 2.16. The second kappa shape index (κ2) is 7.94. The highest BCUT2D eigenvalue weighted by molar-refractivity contribution is 9.11. The van der Waals surface area contributed by atoms with Gasteiger partial charge in [-0.15, -0.1) is 11.3 Å². The number of thiophene rings is 1. The van der Waals surface area contributed by atoms with Gasteiger partial charge in [-0.2, -0.15) is 0 Å². The second-order valence-electron chi connectivity index (χ2n) is 6.55. The molecule has 3 aromatic rings. The molecular formula is C19H18BrN3O4S. The topological polar surface area (TPSA) is 103 Å². The van der Waals surface area contributed by atoms with Gasteiger partial charge in [0.2, 0.25) is 5.91 Å². The predicted molar refractivity (Wildman–Crippen MR) is 111 cm³/mol. The lowest BCUT2D eigenvalue weighted by Crippen LogP contribution is -2.35. The number of aromatic nitrogens is 1. The van der Waals surface area contributed by atoms with Crippen molar-refractivity contribution in [3.63, 3.8) is 0 Å². The maximum absolute atomic E-state index is 12.2. The molecule has 0 spiro atoms. The molecule has 1 aromatic carbocycles. The second-order valence-corrected chi connectivity index (χ2v) is 9.02. The zero-order chi connectivity index (χ0) is 19.7. The molecule has 0 bridgehead atoms. The van der Waals surface area contributed by atoms with Gasteiger partial charge in [0, 0.05) is 18.7 Å². The number of nitrogens with one attached hydrogen (secondary N) is 3. The van der Waals surface area contributed by atoms with Crippen molar-refractivity contribution in [3.8, 4) is 5.75 Å². The number of carbonyl (C=O) groups excluding carboxylic acids is 2. The Hall–Kier alpha value is -2.36. The smallest absolute Gasteiger partial charge is 0.267 e. The van der Waals surface area contributed by atoms with E-state index in [1.807, 2.05) is 12.1 Å². The number of rotatable bonds is 6. The number of halogens is 1. The van der Waals surface area contributed by atoms with Crippen LogP contribution in [0.4, 0.5) is 5.69 Å². The Kier molecular flexibility index (Phi) is 5.38. The van der Waals surface area contributed by atoms with E-state index in [4.69, 9.17) is 4.74 Å². The van der Waals surface area contributed by atoms with Gasteiger partial charge >= 0.3 is 0 Å². The molecule has 4 rings (SSSR count). The number of H-pyrrole nitrogens is 1. The first-order valence-electron chi connectivity index (χ1n) is 8.78. The molecule has 146 valence electrons. The summed E-state index contributed by atoms with van der Waals surface area (Å²) in [5, 5.41) is 15.6. The number of anilines is 1. The van der Waals surface area contributed by atoms with Crippen LogP contribution in [0.25, 0.3) is 10.2 Å². The van der Waals surface area contributed by atoms with Crippen LogP contribution in [0.1, 0.15) is 22.5 Å². The fraction of sp³-hybridized carbons (Fsp3) is 0.263. The molecule has 0 aliphatic carbocycles. The van der Waals surface area contributed by atoms with Crippen molar-refractivity contribution in [2.75, 3.05) is 18.5 Å². The molecule has 1 aliphatic heterocycles. The molecule has 0 radical (unpaired) electrons. The summed E-state index contributed by atoms with van der Waals surface area (Å²) in [6.07, 6.45) is 0.282. The number of aromatic amines is 1. The zero-order valence-electron chi connectivity index (χ0n) is 14.8. The van der Waals surface area contributed by atoms with Gasteiger partial charge in [0.05, 0.1) is 14.0 Å². The van der Waals surface area contributed by atoms with Crippen LogP contribution in [-0.4, -0.2) is 41.2 Å². The number of fused-ring (bicyclic) bond motifs is 2. The minimum atomic E-state index is -0.843. The van der Waals surface area contributed by atoms with E-state index in [0.717, 1.165) is 25.3 Å². The van der Waals surface area contributed by atoms with Crippen LogP contribution in [-0.2, 0) is 11.2 Å². The minimum absolute atomic E-state index is 0.0156. The van der Waals surface area contributed by atoms with Gasteiger partial charge in [0.1, 0.15) is 24.2 Å². The summed E-state index contributed by atoms with van der Waals surface area (Å²) in [7, 11) is 0. The monoisotopic (exact) mass is 463 g/mol.